The van der Waals surface area contributed by atoms with Gasteiger partial charge in [-0.15, -0.1) is 10.2 Å². The first-order valence-electron chi connectivity index (χ1n) is 9.28. The van der Waals surface area contributed by atoms with Gasteiger partial charge >= 0.3 is 0 Å². The van der Waals surface area contributed by atoms with Crippen LogP contribution in [0.25, 0.3) is 0 Å². The third kappa shape index (κ3) is 2.71. The minimum absolute atomic E-state index is 0.366. The molecule has 1 N–H and O–H groups in total. The largest absolute Gasteiger partial charge is 0.283 e. The first-order chi connectivity index (χ1) is 14.3. The standard InChI is InChI=1S/C23H18N5P/c24-22-21(16-25-23-27-26-17-28(22)23)29(18-10-4-1-5-11-18,19-12-6-2-7-13-19)20-14-8-3-9-15-20/h1-17,24H. The molecule has 29 heavy (non-hydrogen) atoms. The number of rotatable bonds is 3. The fourth-order valence-electron chi connectivity index (χ4n) is 3.84. The second kappa shape index (κ2) is 7.12. The molecular weight excluding hydrogens is 377 g/mol. The van der Waals surface area contributed by atoms with Gasteiger partial charge in [-0.05, 0) is 22.8 Å². The molecule has 4 aromatic rings. The summed E-state index contributed by atoms with van der Waals surface area (Å²) in [6.45, 7) is -2.35. The molecule has 5 nitrogen and oxygen atoms in total. The number of hydrogen-bond acceptors (Lipinski definition) is 4. The fourth-order valence-corrected chi connectivity index (χ4v) is 8.09. The third-order valence-electron chi connectivity index (χ3n) is 5.11. The zero-order chi connectivity index (χ0) is 19.7. The van der Waals surface area contributed by atoms with Crippen LogP contribution in [0.4, 0.5) is 5.95 Å². The summed E-state index contributed by atoms with van der Waals surface area (Å²) >= 11 is 0. The highest BCUT2D eigenvalue weighted by Gasteiger charge is 2.33. The van der Waals surface area contributed by atoms with Crippen LogP contribution in [0.15, 0.2) is 102 Å². The minimum Gasteiger partial charge on any atom is -0.283 e. The summed E-state index contributed by atoms with van der Waals surface area (Å²) in [5, 5.41) is 21.4. The van der Waals surface area contributed by atoms with Crippen molar-refractivity contribution in [1.82, 2.24) is 14.8 Å². The van der Waals surface area contributed by atoms with E-state index in [0.29, 0.717) is 11.8 Å². The number of aliphatic imine (C=N–C) groups is 1. The average molecular weight is 395 g/mol. The van der Waals surface area contributed by atoms with Gasteiger partial charge in [0.15, 0.2) is 0 Å². The van der Waals surface area contributed by atoms with Gasteiger partial charge in [0.1, 0.15) is 12.2 Å². The molecule has 2 heterocycles. The van der Waals surface area contributed by atoms with Crippen LogP contribution in [-0.2, 0) is 0 Å². The Kier molecular flexibility index (Phi) is 4.30. The van der Waals surface area contributed by atoms with Crippen molar-refractivity contribution < 1.29 is 0 Å². The van der Waals surface area contributed by atoms with Crippen LogP contribution < -0.4 is 15.9 Å². The Labute approximate surface area is 168 Å². The van der Waals surface area contributed by atoms with Crippen LogP contribution in [0.2, 0.25) is 0 Å². The number of fused-ring (bicyclic) bond motifs is 1. The summed E-state index contributed by atoms with van der Waals surface area (Å²) in [7, 11) is 0. The van der Waals surface area contributed by atoms with E-state index in [-0.39, 0.29) is 0 Å². The van der Waals surface area contributed by atoms with E-state index in [2.05, 4.69) is 88.0 Å². The van der Waals surface area contributed by atoms with Gasteiger partial charge in [0.25, 0.3) is 5.95 Å². The Balaban J connectivity index is 1.99. The normalized spacial score (nSPS) is 13.4. The Hall–Kier alpha value is -3.56. The smallest absolute Gasteiger partial charge is 0.256 e. The van der Waals surface area contributed by atoms with Gasteiger partial charge in [0, 0.05) is 11.5 Å². The van der Waals surface area contributed by atoms with E-state index in [9.17, 15) is 0 Å². The van der Waals surface area contributed by atoms with Crippen LogP contribution in [0.3, 0.4) is 0 Å². The third-order valence-corrected chi connectivity index (χ3v) is 9.38. The quantitative estimate of drug-likeness (QED) is 0.542. The summed E-state index contributed by atoms with van der Waals surface area (Å²) in [5.74, 6) is 0.802. The molecule has 1 aliphatic rings. The molecule has 0 saturated heterocycles. The lowest BCUT2D eigenvalue weighted by Gasteiger charge is -2.32. The molecule has 1 aromatic heterocycles. The number of hydrogen-bond donors (Lipinski definition) is 1. The Morgan fingerprint density at radius 1 is 0.690 bits per heavy atom. The minimum atomic E-state index is -2.35. The molecule has 0 saturated carbocycles. The van der Waals surface area contributed by atoms with Crippen molar-refractivity contribution in [2.24, 2.45) is 4.99 Å². The maximum atomic E-state index is 9.03. The van der Waals surface area contributed by atoms with Gasteiger partial charge in [0.05, 0.1) is 0 Å². The summed E-state index contributed by atoms with van der Waals surface area (Å²) in [4.78, 5) is 4.54. The van der Waals surface area contributed by atoms with E-state index >= 15 is 0 Å². The lowest BCUT2D eigenvalue weighted by atomic mass is 10.3. The van der Waals surface area contributed by atoms with E-state index in [1.807, 2.05) is 24.4 Å². The van der Waals surface area contributed by atoms with Crippen molar-refractivity contribution in [3.8, 4) is 0 Å². The molecule has 0 radical (unpaired) electrons. The summed E-state index contributed by atoms with van der Waals surface area (Å²) in [6.07, 6.45) is 3.37. The second-order valence-electron chi connectivity index (χ2n) is 6.67. The average Bonchev–Trinajstić information content (AvgIpc) is 3.28. The molecule has 0 atom stereocenters. The Morgan fingerprint density at radius 3 is 1.66 bits per heavy atom. The predicted octanol–water partition coefficient (Wildman–Crippen LogP) is 2.99. The first kappa shape index (κ1) is 17.5. The highest BCUT2D eigenvalue weighted by molar-refractivity contribution is 7.97. The fraction of sp³-hybridized carbons (Fsp3) is 0. The summed E-state index contributed by atoms with van der Waals surface area (Å²) in [5.41, 5.74) is 0. The van der Waals surface area contributed by atoms with Crippen molar-refractivity contribution in [3.63, 3.8) is 0 Å². The maximum absolute atomic E-state index is 9.03. The van der Waals surface area contributed by atoms with Gasteiger partial charge < -0.3 is 0 Å². The van der Waals surface area contributed by atoms with Crippen LogP contribution in [0, 0.1) is 5.41 Å². The van der Waals surface area contributed by atoms with Crippen LogP contribution in [-0.4, -0.2) is 32.1 Å². The molecule has 0 amide bonds. The van der Waals surface area contributed by atoms with Crippen LogP contribution >= 0.6 is 6.89 Å². The topological polar surface area (TPSA) is 66.9 Å². The molecule has 5 rings (SSSR count). The highest BCUT2D eigenvalue weighted by Crippen LogP contribution is 2.46. The zero-order valence-corrected chi connectivity index (χ0v) is 16.4. The second-order valence-corrected chi connectivity index (χ2v) is 10.0. The van der Waals surface area contributed by atoms with Crippen molar-refractivity contribution in [2.45, 2.75) is 0 Å². The monoisotopic (exact) mass is 395 g/mol. The molecular formula is C23H18N5P. The number of benzene rings is 3. The van der Waals surface area contributed by atoms with Gasteiger partial charge in [-0.1, -0.05) is 91.0 Å². The van der Waals surface area contributed by atoms with E-state index in [4.69, 9.17) is 5.41 Å². The SMILES string of the molecule is N=C1C(=P(c2ccccc2)(c2ccccc2)c2ccccc2)C=Nc2nncn21. The van der Waals surface area contributed by atoms with Crippen molar-refractivity contribution in [3.05, 3.63) is 97.3 Å². The Bertz CT molecular complexity index is 1150. The number of nitrogens with one attached hydrogen (secondary N) is 1. The van der Waals surface area contributed by atoms with E-state index in [1.165, 1.54) is 15.9 Å². The predicted molar refractivity (Wildman–Crippen MR) is 121 cm³/mol. The molecule has 6 heteroatoms. The van der Waals surface area contributed by atoms with Gasteiger partial charge in [0.2, 0.25) is 0 Å². The number of aromatic nitrogens is 3. The summed E-state index contributed by atoms with van der Waals surface area (Å²) < 4.78 is 1.65. The van der Waals surface area contributed by atoms with Gasteiger partial charge in [-0.25, -0.2) is 9.56 Å². The van der Waals surface area contributed by atoms with E-state index in [0.717, 1.165) is 5.29 Å². The molecule has 0 bridgehead atoms. The van der Waals surface area contributed by atoms with Crippen molar-refractivity contribution in [1.29, 1.82) is 5.41 Å². The first-order valence-corrected chi connectivity index (χ1v) is 11.1. The zero-order valence-electron chi connectivity index (χ0n) is 15.6. The van der Waals surface area contributed by atoms with Crippen LogP contribution in [0.5, 0.6) is 0 Å². The van der Waals surface area contributed by atoms with Crippen LogP contribution in [0.1, 0.15) is 0 Å². The molecule has 1 aliphatic heterocycles. The number of nitrogens with zero attached hydrogens (tertiary/aromatic N) is 4. The Morgan fingerprint density at radius 2 is 1.17 bits per heavy atom. The molecule has 0 spiro atoms. The van der Waals surface area contributed by atoms with Crippen molar-refractivity contribution >= 4 is 46.1 Å². The molecule has 3 aromatic carbocycles. The van der Waals surface area contributed by atoms with Crippen molar-refractivity contribution in [2.75, 3.05) is 0 Å². The van der Waals surface area contributed by atoms with E-state index in [1.54, 1.807) is 10.9 Å². The maximum Gasteiger partial charge on any atom is 0.256 e. The lowest BCUT2D eigenvalue weighted by molar-refractivity contribution is 1.08. The molecule has 0 fully saturated rings. The lowest BCUT2D eigenvalue weighted by Crippen LogP contribution is -2.37. The van der Waals surface area contributed by atoms with Gasteiger partial charge in [-0.3, -0.25) is 5.41 Å². The highest BCUT2D eigenvalue weighted by atomic mass is 31.2. The van der Waals surface area contributed by atoms with E-state index < -0.39 is 6.89 Å². The summed E-state index contributed by atoms with van der Waals surface area (Å²) in [6, 6.07) is 31.4. The molecule has 0 unspecified atom stereocenters. The molecule has 140 valence electrons. The molecule has 0 aliphatic carbocycles. The van der Waals surface area contributed by atoms with Gasteiger partial charge in [-0.2, -0.15) is 0 Å².